The molecule has 3 aromatic rings. The minimum Gasteiger partial charge on any atom is -0.343 e. The number of hydrogen-bond donors (Lipinski definition) is 0. The summed E-state index contributed by atoms with van der Waals surface area (Å²) in [6.07, 6.45) is 2.05. The number of aromatic nitrogens is 1. The van der Waals surface area contributed by atoms with Gasteiger partial charge in [-0.3, -0.25) is 0 Å². The van der Waals surface area contributed by atoms with Crippen LogP contribution in [0.4, 0.5) is 0 Å². The van der Waals surface area contributed by atoms with Crippen LogP contribution in [-0.2, 0) is 6.54 Å². The van der Waals surface area contributed by atoms with Crippen LogP contribution >= 0.6 is 0 Å². The minimum atomic E-state index is 0.713. The van der Waals surface area contributed by atoms with Crippen molar-refractivity contribution < 1.29 is 0 Å². The van der Waals surface area contributed by atoms with E-state index >= 15 is 0 Å². The average molecular weight is 231 g/mol. The third kappa shape index (κ3) is 1.76. The van der Waals surface area contributed by atoms with Gasteiger partial charge in [0.1, 0.15) is 0 Å². The van der Waals surface area contributed by atoms with Gasteiger partial charge in [0.25, 0.3) is 0 Å². The summed E-state index contributed by atoms with van der Waals surface area (Å²) >= 11 is 0. The molecule has 0 aliphatic heterocycles. The lowest BCUT2D eigenvalue weighted by atomic mass is 10.1. The van der Waals surface area contributed by atoms with Crippen LogP contribution in [0.2, 0.25) is 0 Å². The van der Waals surface area contributed by atoms with Gasteiger partial charge in [-0.05, 0) is 35.2 Å². The molecule has 0 spiro atoms. The van der Waals surface area contributed by atoms with Gasteiger partial charge in [-0.1, -0.05) is 30.3 Å². The first kappa shape index (κ1) is 10.6. The zero-order valence-corrected chi connectivity index (χ0v) is 9.80. The van der Waals surface area contributed by atoms with Crippen molar-refractivity contribution in [1.82, 2.24) is 4.57 Å². The first-order valence-electron chi connectivity index (χ1n) is 5.81. The van der Waals surface area contributed by atoms with E-state index < -0.39 is 0 Å². The van der Waals surface area contributed by atoms with Gasteiger partial charge in [0.2, 0.25) is 0 Å². The first-order valence-corrected chi connectivity index (χ1v) is 5.81. The number of benzene rings is 2. The zero-order chi connectivity index (χ0) is 12.4. The molecule has 2 heteroatoms. The molecule has 0 bridgehead atoms. The molecule has 0 amide bonds. The molecule has 1 radical (unpaired) electrons. The molecule has 0 N–H and O–H groups in total. The molecule has 2 nitrogen and oxygen atoms in total. The minimum absolute atomic E-state index is 0.713. The quantitative estimate of drug-likeness (QED) is 0.664. The van der Waals surface area contributed by atoms with Crippen molar-refractivity contribution in [3.8, 4) is 6.07 Å². The fourth-order valence-electron chi connectivity index (χ4n) is 2.16. The Morgan fingerprint density at radius 2 is 2.06 bits per heavy atom. The highest BCUT2D eigenvalue weighted by Gasteiger charge is 2.04. The van der Waals surface area contributed by atoms with Crippen molar-refractivity contribution in [3.05, 3.63) is 71.9 Å². The van der Waals surface area contributed by atoms with Gasteiger partial charge < -0.3 is 4.57 Å². The monoisotopic (exact) mass is 231 g/mol. The van der Waals surface area contributed by atoms with E-state index in [4.69, 9.17) is 5.26 Å². The standard InChI is InChI=1S/C16H11N2/c17-11-14-6-1-2-7-15(14)12-18-10-9-13-5-3-4-8-16(13)18/h1-3,5-10H,12H2. The van der Waals surface area contributed by atoms with Crippen LogP contribution in [0, 0.1) is 17.4 Å². The van der Waals surface area contributed by atoms with Crippen LogP contribution in [-0.4, -0.2) is 4.57 Å². The van der Waals surface area contributed by atoms with Crippen molar-refractivity contribution in [2.45, 2.75) is 6.54 Å². The largest absolute Gasteiger partial charge is 0.343 e. The summed E-state index contributed by atoms with van der Waals surface area (Å²) in [5.74, 6) is 0. The summed E-state index contributed by atoms with van der Waals surface area (Å²) in [7, 11) is 0. The summed E-state index contributed by atoms with van der Waals surface area (Å²) < 4.78 is 2.14. The molecule has 1 aromatic heterocycles. The highest BCUT2D eigenvalue weighted by molar-refractivity contribution is 5.79. The molecule has 0 unspecified atom stereocenters. The van der Waals surface area contributed by atoms with Gasteiger partial charge in [0, 0.05) is 18.3 Å². The second-order valence-electron chi connectivity index (χ2n) is 4.20. The van der Waals surface area contributed by atoms with Gasteiger partial charge in [-0.15, -0.1) is 0 Å². The average Bonchev–Trinajstić information content (AvgIpc) is 2.83. The van der Waals surface area contributed by atoms with E-state index in [1.807, 2.05) is 48.7 Å². The topological polar surface area (TPSA) is 28.7 Å². The fourth-order valence-corrected chi connectivity index (χ4v) is 2.16. The number of rotatable bonds is 2. The summed E-state index contributed by atoms with van der Waals surface area (Å²) in [5, 5.41) is 10.3. The van der Waals surface area contributed by atoms with Gasteiger partial charge in [-0.25, -0.2) is 0 Å². The third-order valence-corrected chi connectivity index (χ3v) is 3.10. The van der Waals surface area contributed by atoms with Crippen molar-refractivity contribution in [2.24, 2.45) is 0 Å². The van der Waals surface area contributed by atoms with Crippen LogP contribution in [0.25, 0.3) is 10.9 Å². The van der Waals surface area contributed by atoms with E-state index in [-0.39, 0.29) is 0 Å². The molecule has 0 saturated carbocycles. The second kappa shape index (κ2) is 4.38. The fraction of sp³-hybridized carbons (Fsp3) is 0.0625. The Morgan fingerprint density at radius 3 is 2.94 bits per heavy atom. The molecule has 0 fully saturated rings. The molecule has 0 atom stereocenters. The van der Waals surface area contributed by atoms with E-state index in [0.717, 1.165) is 16.6 Å². The van der Waals surface area contributed by atoms with Crippen LogP contribution in [0.3, 0.4) is 0 Å². The number of nitriles is 1. The van der Waals surface area contributed by atoms with E-state index in [1.165, 1.54) is 5.39 Å². The van der Waals surface area contributed by atoms with E-state index in [2.05, 4.69) is 22.8 Å². The van der Waals surface area contributed by atoms with Crippen LogP contribution in [0.15, 0.2) is 54.7 Å². The Morgan fingerprint density at radius 1 is 1.17 bits per heavy atom. The Labute approximate surface area is 106 Å². The van der Waals surface area contributed by atoms with Crippen molar-refractivity contribution >= 4 is 10.9 Å². The second-order valence-corrected chi connectivity index (χ2v) is 4.20. The van der Waals surface area contributed by atoms with Crippen molar-refractivity contribution in [1.29, 1.82) is 5.26 Å². The predicted octanol–water partition coefficient (Wildman–Crippen LogP) is 3.36. The van der Waals surface area contributed by atoms with E-state index in [0.29, 0.717) is 6.54 Å². The number of nitrogens with zero attached hydrogens (tertiary/aromatic N) is 2. The Bertz CT molecular complexity index is 732. The maximum Gasteiger partial charge on any atom is 0.0995 e. The SMILES string of the molecule is N#Cc1ccccc1Cn1ccc2cc[c]cc21. The van der Waals surface area contributed by atoms with Crippen molar-refractivity contribution in [3.63, 3.8) is 0 Å². The van der Waals surface area contributed by atoms with Crippen LogP contribution in [0.1, 0.15) is 11.1 Å². The lowest BCUT2D eigenvalue weighted by Gasteiger charge is -2.07. The van der Waals surface area contributed by atoms with Crippen LogP contribution < -0.4 is 0 Å². The number of hydrogen-bond acceptors (Lipinski definition) is 1. The normalized spacial score (nSPS) is 10.4. The summed E-state index contributed by atoms with van der Waals surface area (Å²) in [6.45, 7) is 0.713. The third-order valence-electron chi connectivity index (χ3n) is 3.10. The number of fused-ring (bicyclic) bond motifs is 1. The smallest absolute Gasteiger partial charge is 0.0995 e. The molecule has 85 valence electrons. The molecule has 0 saturated heterocycles. The van der Waals surface area contributed by atoms with Gasteiger partial charge >= 0.3 is 0 Å². The lowest BCUT2D eigenvalue weighted by Crippen LogP contribution is -1.99. The molecular formula is C16H11N2. The first-order chi connectivity index (χ1) is 8.88. The van der Waals surface area contributed by atoms with Gasteiger partial charge in [-0.2, -0.15) is 5.26 Å². The van der Waals surface area contributed by atoms with Gasteiger partial charge in [0.15, 0.2) is 0 Å². The highest BCUT2D eigenvalue weighted by atomic mass is 14.9. The molecule has 2 aromatic carbocycles. The maximum absolute atomic E-state index is 9.09. The Hall–Kier alpha value is -2.53. The summed E-state index contributed by atoms with van der Waals surface area (Å²) in [6, 6.07) is 21.0. The van der Waals surface area contributed by atoms with Gasteiger partial charge in [0.05, 0.1) is 11.6 Å². The van der Waals surface area contributed by atoms with E-state index in [1.54, 1.807) is 0 Å². The summed E-state index contributed by atoms with van der Waals surface area (Å²) in [4.78, 5) is 0. The van der Waals surface area contributed by atoms with Crippen molar-refractivity contribution in [2.75, 3.05) is 0 Å². The Kier molecular flexibility index (Phi) is 2.59. The van der Waals surface area contributed by atoms with E-state index in [9.17, 15) is 0 Å². The summed E-state index contributed by atoms with van der Waals surface area (Å²) in [5.41, 5.74) is 2.92. The molecule has 0 aliphatic rings. The molecular weight excluding hydrogens is 220 g/mol. The molecule has 3 rings (SSSR count). The Balaban J connectivity index is 2.05. The molecule has 18 heavy (non-hydrogen) atoms. The molecule has 0 aliphatic carbocycles. The highest BCUT2D eigenvalue weighted by Crippen LogP contribution is 2.17. The molecule has 1 heterocycles. The zero-order valence-electron chi connectivity index (χ0n) is 9.80. The predicted molar refractivity (Wildman–Crippen MR) is 71.0 cm³/mol. The lowest BCUT2D eigenvalue weighted by molar-refractivity contribution is 0.834. The van der Waals surface area contributed by atoms with Crippen LogP contribution in [0.5, 0.6) is 0 Å². The maximum atomic E-state index is 9.09.